The van der Waals surface area contributed by atoms with Crippen molar-refractivity contribution < 1.29 is 14.7 Å². The number of aliphatic hydroxyl groups excluding tert-OH is 1. The van der Waals surface area contributed by atoms with Gasteiger partial charge in [-0.25, -0.2) is 0 Å². The topological polar surface area (TPSA) is 69.6 Å². The molecule has 1 aliphatic rings. The first-order valence-corrected chi connectivity index (χ1v) is 8.11. The van der Waals surface area contributed by atoms with Crippen LogP contribution in [-0.2, 0) is 9.59 Å². The molecule has 0 saturated carbocycles. The highest BCUT2D eigenvalue weighted by Crippen LogP contribution is 2.24. The maximum Gasteiger partial charge on any atom is 0.289 e. The number of nitrogens with zero attached hydrogens (tertiary/aromatic N) is 1. The molecule has 5 nitrogen and oxygen atoms in total. The van der Waals surface area contributed by atoms with Crippen molar-refractivity contribution in [3.8, 4) is 11.1 Å². The number of rotatable bonds is 4. The lowest BCUT2D eigenvalue weighted by Gasteiger charge is -2.16. The molecule has 5 heteroatoms. The highest BCUT2D eigenvalue weighted by Gasteiger charge is 2.32. The van der Waals surface area contributed by atoms with E-state index in [0.29, 0.717) is 0 Å². The minimum Gasteiger partial charge on any atom is -0.503 e. The summed E-state index contributed by atoms with van der Waals surface area (Å²) in [6.07, 6.45) is 0. The molecular weight excluding hydrogens is 316 g/mol. The summed E-state index contributed by atoms with van der Waals surface area (Å²) in [6.45, 7) is 1.99. The van der Waals surface area contributed by atoms with Gasteiger partial charge in [0.1, 0.15) is 0 Å². The third-order valence-corrected chi connectivity index (χ3v) is 4.35. The molecule has 0 aliphatic carbocycles. The Bertz CT molecular complexity index is 843. The number of hydrogen-bond acceptors (Lipinski definition) is 3. The summed E-state index contributed by atoms with van der Waals surface area (Å²) < 4.78 is 0. The number of likely N-dealkylation sites (N-methyl/N-ethyl adjacent to an activating group) is 1. The van der Waals surface area contributed by atoms with E-state index in [0.717, 1.165) is 16.7 Å². The van der Waals surface area contributed by atoms with Gasteiger partial charge in [-0.2, -0.15) is 0 Å². The number of carbonyl (C=O) groups is 2. The second kappa shape index (κ2) is 6.81. The third kappa shape index (κ3) is 3.40. The van der Waals surface area contributed by atoms with Crippen molar-refractivity contribution in [1.82, 2.24) is 10.2 Å². The van der Waals surface area contributed by atoms with E-state index < -0.39 is 17.6 Å². The summed E-state index contributed by atoms with van der Waals surface area (Å²) >= 11 is 0. The summed E-state index contributed by atoms with van der Waals surface area (Å²) in [5, 5.41) is 12.7. The molecule has 1 atom stereocenters. The van der Waals surface area contributed by atoms with Crippen LogP contribution in [0.4, 0.5) is 0 Å². The predicted octanol–water partition coefficient (Wildman–Crippen LogP) is 2.81. The number of carbonyl (C=O) groups excluding carboxylic acids is 2. The number of benzene rings is 2. The number of nitrogens with one attached hydrogen (secondary N) is 1. The Morgan fingerprint density at radius 3 is 2.44 bits per heavy atom. The van der Waals surface area contributed by atoms with Crippen LogP contribution in [-0.4, -0.2) is 35.4 Å². The maximum absolute atomic E-state index is 12.4. The van der Waals surface area contributed by atoms with Gasteiger partial charge in [-0.1, -0.05) is 48.5 Å². The van der Waals surface area contributed by atoms with Crippen LogP contribution in [0.2, 0.25) is 0 Å². The zero-order valence-electron chi connectivity index (χ0n) is 14.2. The third-order valence-electron chi connectivity index (χ3n) is 4.35. The smallest absolute Gasteiger partial charge is 0.289 e. The Kier molecular flexibility index (Phi) is 4.57. The van der Waals surface area contributed by atoms with Gasteiger partial charge in [-0.15, -0.1) is 0 Å². The summed E-state index contributed by atoms with van der Waals surface area (Å²) in [4.78, 5) is 25.3. The Morgan fingerprint density at radius 2 is 1.80 bits per heavy atom. The zero-order chi connectivity index (χ0) is 18.0. The molecule has 0 aromatic heterocycles. The lowest BCUT2D eigenvalue weighted by Crippen LogP contribution is -2.30. The summed E-state index contributed by atoms with van der Waals surface area (Å²) in [6, 6.07) is 17.7. The first-order valence-electron chi connectivity index (χ1n) is 8.11. The molecule has 2 N–H and O–H groups in total. The molecule has 0 saturated heterocycles. The molecule has 2 aromatic carbocycles. The molecule has 0 bridgehead atoms. The Morgan fingerprint density at radius 1 is 1.12 bits per heavy atom. The fourth-order valence-corrected chi connectivity index (χ4v) is 2.86. The van der Waals surface area contributed by atoms with Crippen LogP contribution in [0.15, 0.2) is 65.9 Å². The normalized spacial score (nSPS) is 15.4. The molecule has 0 spiro atoms. The SMILES string of the molecule is CC(NC(=O)C1=C(O)C(=O)N(C)C1)c1cccc(-c2ccccc2)c1. The standard InChI is InChI=1S/C20H20N2O3/c1-13(21-19(24)17-12-22(2)20(25)18(17)23)15-9-6-10-16(11-15)14-7-4-3-5-8-14/h3-11,13,23H,12H2,1-2H3,(H,21,24). The Labute approximate surface area is 146 Å². The van der Waals surface area contributed by atoms with Gasteiger partial charge in [0.05, 0.1) is 18.2 Å². The van der Waals surface area contributed by atoms with E-state index in [2.05, 4.69) is 5.32 Å². The van der Waals surface area contributed by atoms with E-state index in [1.807, 2.05) is 61.5 Å². The summed E-state index contributed by atoms with van der Waals surface area (Å²) in [5.74, 6) is -1.41. The van der Waals surface area contributed by atoms with Gasteiger partial charge in [0.25, 0.3) is 11.8 Å². The van der Waals surface area contributed by atoms with Crippen LogP contribution in [0.25, 0.3) is 11.1 Å². The molecule has 25 heavy (non-hydrogen) atoms. The van der Waals surface area contributed by atoms with Crippen LogP contribution < -0.4 is 5.32 Å². The predicted molar refractivity (Wildman–Crippen MR) is 95.7 cm³/mol. The number of amides is 2. The highest BCUT2D eigenvalue weighted by atomic mass is 16.3. The first-order chi connectivity index (χ1) is 12.0. The van der Waals surface area contributed by atoms with Crippen LogP contribution in [0.1, 0.15) is 18.5 Å². The summed E-state index contributed by atoms with van der Waals surface area (Å²) in [7, 11) is 1.55. The molecule has 0 fully saturated rings. The minimum atomic E-state index is -0.524. The van der Waals surface area contributed by atoms with Crippen molar-refractivity contribution in [3.05, 3.63) is 71.5 Å². The van der Waals surface area contributed by atoms with Crippen molar-refractivity contribution in [3.63, 3.8) is 0 Å². The lowest BCUT2D eigenvalue weighted by molar-refractivity contribution is -0.126. The average molecular weight is 336 g/mol. The van der Waals surface area contributed by atoms with E-state index in [9.17, 15) is 14.7 Å². The second-order valence-corrected chi connectivity index (χ2v) is 6.18. The first kappa shape index (κ1) is 16.8. The number of hydrogen-bond donors (Lipinski definition) is 2. The molecule has 1 aliphatic heterocycles. The average Bonchev–Trinajstić information content (AvgIpc) is 2.90. The lowest BCUT2D eigenvalue weighted by atomic mass is 10.00. The Hall–Kier alpha value is -3.08. The monoisotopic (exact) mass is 336 g/mol. The Balaban J connectivity index is 1.77. The van der Waals surface area contributed by atoms with Crippen molar-refractivity contribution in [2.24, 2.45) is 0 Å². The van der Waals surface area contributed by atoms with Gasteiger partial charge in [-0.3, -0.25) is 9.59 Å². The van der Waals surface area contributed by atoms with Gasteiger partial charge < -0.3 is 15.3 Å². The van der Waals surface area contributed by atoms with E-state index in [1.165, 1.54) is 4.90 Å². The van der Waals surface area contributed by atoms with Crippen LogP contribution in [0.5, 0.6) is 0 Å². The van der Waals surface area contributed by atoms with Crippen molar-refractivity contribution in [2.75, 3.05) is 13.6 Å². The summed E-state index contributed by atoms with van der Waals surface area (Å²) in [5.41, 5.74) is 3.23. The van der Waals surface area contributed by atoms with Gasteiger partial charge in [-0.05, 0) is 29.7 Å². The van der Waals surface area contributed by atoms with Gasteiger partial charge in [0.15, 0.2) is 5.76 Å². The van der Waals surface area contributed by atoms with Crippen molar-refractivity contribution in [2.45, 2.75) is 13.0 Å². The van der Waals surface area contributed by atoms with E-state index in [-0.39, 0.29) is 18.2 Å². The van der Waals surface area contributed by atoms with E-state index >= 15 is 0 Å². The zero-order valence-corrected chi connectivity index (χ0v) is 14.2. The van der Waals surface area contributed by atoms with Gasteiger partial charge in [0, 0.05) is 7.05 Å². The maximum atomic E-state index is 12.4. The fourth-order valence-electron chi connectivity index (χ4n) is 2.86. The van der Waals surface area contributed by atoms with E-state index in [1.54, 1.807) is 7.05 Å². The molecule has 1 heterocycles. The minimum absolute atomic E-state index is 0.110. The molecular formula is C20H20N2O3. The fraction of sp³-hybridized carbons (Fsp3) is 0.200. The highest BCUT2D eigenvalue weighted by molar-refractivity contribution is 6.06. The molecule has 3 rings (SSSR count). The van der Waals surface area contributed by atoms with Crippen molar-refractivity contribution in [1.29, 1.82) is 0 Å². The van der Waals surface area contributed by atoms with E-state index in [4.69, 9.17) is 0 Å². The van der Waals surface area contributed by atoms with Gasteiger partial charge >= 0.3 is 0 Å². The molecule has 2 aromatic rings. The quantitative estimate of drug-likeness (QED) is 0.902. The van der Waals surface area contributed by atoms with Crippen molar-refractivity contribution >= 4 is 11.8 Å². The van der Waals surface area contributed by atoms with Crippen LogP contribution in [0.3, 0.4) is 0 Å². The molecule has 128 valence electrons. The molecule has 2 amide bonds. The molecule has 0 radical (unpaired) electrons. The number of aliphatic hydroxyl groups is 1. The largest absolute Gasteiger partial charge is 0.503 e. The van der Waals surface area contributed by atoms with Crippen LogP contribution >= 0.6 is 0 Å². The van der Waals surface area contributed by atoms with Crippen LogP contribution in [0, 0.1) is 0 Å². The molecule has 1 unspecified atom stereocenters. The second-order valence-electron chi connectivity index (χ2n) is 6.18. The van der Waals surface area contributed by atoms with Gasteiger partial charge in [0.2, 0.25) is 0 Å².